The van der Waals surface area contributed by atoms with Gasteiger partial charge in [0.15, 0.2) is 0 Å². The Morgan fingerprint density at radius 3 is 2.88 bits per heavy atom. The van der Waals surface area contributed by atoms with Gasteiger partial charge in [0, 0.05) is 18.0 Å². The quantitative estimate of drug-likeness (QED) is 0.728. The molecule has 26 heavy (non-hydrogen) atoms. The average Bonchev–Trinajstić information content (AvgIpc) is 3.04. The molecule has 0 aromatic carbocycles. The number of aliphatic hydroxyl groups excluding tert-OH is 1. The fourth-order valence-electron chi connectivity index (χ4n) is 3.79. The average molecular weight is 354 g/mol. The number of hydrogen-bond donors (Lipinski definition) is 3. The molecule has 2 aromatic rings. The first kappa shape index (κ1) is 16.8. The lowest BCUT2D eigenvalue weighted by atomic mass is 9.79. The molecule has 7 nitrogen and oxygen atoms in total. The van der Waals surface area contributed by atoms with Gasteiger partial charge in [-0.1, -0.05) is 6.07 Å². The summed E-state index contributed by atoms with van der Waals surface area (Å²) in [4.78, 5) is 20.6. The number of rotatable bonds is 1. The second-order valence-electron chi connectivity index (χ2n) is 7.92. The molecule has 7 heteroatoms. The number of nitrogens with zero attached hydrogens (tertiary/aromatic N) is 2. The third-order valence-electron chi connectivity index (χ3n) is 4.86. The Hall–Kier alpha value is -2.67. The van der Waals surface area contributed by atoms with Crippen molar-refractivity contribution in [2.24, 2.45) is 0 Å². The minimum absolute atomic E-state index is 0.446. The number of aliphatic hydroxyl groups is 1. The Balaban J connectivity index is 1.58. The SMILES string of the molecule is CC(C)(C)OC(=O)Nc1cc2c(cn1)CC1(C2)c2cccnc2NC1O. The van der Waals surface area contributed by atoms with Crippen molar-refractivity contribution in [3.8, 4) is 0 Å². The minimum Gasteiger partial charge on any atom is -0.444 e. The van der Waals surface area contributed by atoms with Gasteiger partial charge in [-0.25, -0.2) is 14.8 Å². The van der Waals surface area contributed by atoms with Crippen molar-refractivity contribution in [2.45, 2.75) is 50.9 Å². The predicted molar refractivity (Wildman–Crippen MR) is 97.0 cm³/mol. The first-order valence-corrected chi connectivity index (χ1v) is 8.65. The molecular weight excluding hydrogens is 332 g/mol. The summed E-state index contributed by atoms with van der Waals surface area (Å²) in [6.07, 6.45) is 3.56. The molecule has 1 spiro atoms. The Bertz CT molecular complexity index is 877. The molecule has 0 fully saturated rings. The van der Waals surface area contributed by atoms with E-state index in [1.165, 1.54) is 0 Å². The summed E-state index contributed by atoms with van der Waals surface area (Å²) in [7, 11) is 0. The number of fused-ring (bicyclic) bond motifs is 3. The first-order valence-electron chi connectivity index (χ1n) is 8.65. The van der Waals surface area contributed by atoms with Crippen LogP contribution in [-0.4, -0.2) is 33.0 Å². The fraction of sp³-hybridized carbons (Fsp3) is 0.421. The molecule has 1 amide bonds. The summed E-state index contributed by atoms with van der Waals surface area (Å²) in [5.74, 6) is 1.18. The molecule has 2 atom stereocenters. The number of carbonyl (C=O) groups excluding carboxylic acids is 1. The van der Waals surface area contributed by atoms with Crippen LogP contribution in [0.1, 0.15) is 37.5 Å². The van der Waals surface area contributed by atoms with E-state index in [4.69, 9.17) is 4.74 Å². The highest BCUT2D eigenvalue weighted by Crippen LogP contribution is 2.48. The summed E-state index contributed by atoms with van der Waals surface area (Å²) < 4.78 is 5.27. The van der Waals surface area contributed by atoms with Crippen molar-refractivity contribution >= 4 is 17.7 Å². The third-order valence-corrected chi connectivity index (χ3v) is 4.86. The number of pyridine rings is 2. The lowest BCUT2D eigenvalue weighted by molar-refractivity contribution is 0.0635. The summed E-state index contributed by atoms with van der Waals surface area (Å²) in [6.45, 7) is 5.44. The van der Waals surface area contributed by atoms with Gasteiger partial charge in [-0.05, 0) is 56.9 Å². The molecule has 0 radical (unpaired) electrons. The van der Waals surface area contributed by atoms with Crippen molar-refractivity contribution in [1.82, 2.24) is 9.97 Å². The molecule has 2 unspecified atom stereocenters. The van der Waals surface area contributed by atoms with Gasteiger partial charge in [0.2, 0.25) is 0 Å². The Morgan fingerprint density at radius 2 is 2.12 bits per heavy atom. The monoisotopic (exact) mass is 354 g/mol. The largest absolute Gasteiger partial charge is 0.444 e. The van der Waals surface area contributed by atoms with Crippen LogP contribution in [0.15, 0.2) is 30.6 Å². The van der Waals surface area contributed by atoms with Crippen LogP contribution < -0.4 is 10.6 Å². The molecular formula is C19H22N4O3. The Labute approximate surface area is 151 Å². The molecule has 0 saturated heterocycles. The van der Waals surface area contributed by atoms with Crippen molar-refractivity contribution in [3.63, 3.8) is 0 Å². The van der Waals surface area contributed by atoms with Crippen LogP contribution in [0.3, 0.4) is 0 Å². The number of amides is 1. The van der Waals surface area contributed by atoms with E-state index in [1.807, 2.05) is 39.0 Å². The molecule has 0 bridgehead atoms. The predicted octanol–water partition coefficient (Wildman–Crippen LogP) is 2.60. The second-order valence-corrected chi connectivity index (χ2v) is 7.92. The Kier molecular flexibility index (Phi) is 3.66. The van der Waals surface area contributed by atoms with Gasteiger partial charge in [-0.15, -0.1) is 0 Å². The van der Waals surface area contributed by atoms with Gasteiger partial charge in [-0.2, -0.15) is 0 Å². The molecule has 4 rings (SSSR count). The number of hydrogen-bond acceptors (Lipinski definition) is 6. The maximum Gasteiger partial charge on any atom is 0.413 e. The maximum atomic E-state index is 12.0. The van der Waals surface area contributed by atoms with Crippen molar-refractivity contribution in [1.29, 1.82) is 0 Å². The van der Waals surface area contributed by atoms with E-state index in [-0.39, 0.29) is 0 Å². The normalized spacial score (nSPS) is 23.3. The zero-order chi connectivity index (χ0) is 18.5. The van der Waals surface area contributed by atoms with E-state index in [2.05, 4.69) is 20.6 Å². The van der Waals surface area contributed by atoms with Crippen LogP contribution in [0.2, 0.25) is 0 Å². The molecule has 1 aliphatic carbocycles. The highest BCUT2D eigenvalue weighted by Gasteiger charge is 2.50. The Morgan fingerprint density at radius 1 is 1.35 bits per heavy atom. The summed E-state index contributed by atoms with van der Waals surface area (Å²) in [5, 5.41) is 16.4. The molecule has 2 aliphatic rings. The standard InChI is InChI=1S/C19H22N4O3/c1-18(2,3)26-17(25)22-14-7-11-8-19(9-12(11)10-21-14)13-5-4-6-20-15(13)23-16(19)24/h4-7,10,16,24H,8-9H2,1-3H3,(H,20,23)(H,21,22,25). The lowest BCUT2D eigenvalue weighted by Gasteiger charge is -2.27. The summed E-state index contributed by atoms with van der Waals surface area (Å²) in [5.41, 5.74) is 2.13. The van der Waals surface area contributed by atoms with E-state index in [9.17, 15) is 9.90 Å². The van der Waals surface area contributed by atoms with Crippen molar-refractivity contribution < 1.29 is 14.6 Å². The molecule has 0 saturated carbocycles. The number of aromatic nitrogens is 2. The van der Waals surface area contributed by atoms with E-state index in [0.717, 1.165) is 22.5 Å². The third kappa shape index (κ3) is 2.78. The van der Waals surface area contributed by atoms with Crippen molar-refractivity contribution in [2.75, 3.05) is 10.6 Å². The van der Waals surface area contributed by atoms with Gasteiger partial charge >= 0.3 is 6.09 Å². The zero-order valence-electron chi connectivity index (χ0n) is 15.0. The summed E-state index contributed by atoms with van der Waals surface area (Å²) >= 11 is 0. The minimum atomic E-state index is -0.706. The fourth-order valence-corrected chi connectivity index (χ4v) is 3.79. The topological polar surface area (TPSA) is 96.4 Å². The van der Waals surface area contributed by atoms with E-state index < -0.39 is 23.3 Å². The number of nitrogens with one attached hydrogen (secondary N) is 2. The number of anilines is 2. The van der Waals surface area contributed by atoms with Crippen LogP contribution in [0.4, 0.5) is 16.4 Å². The first-order chi connectivity index (χ1) is 12.3. The number of carbonyl (C=O) groups is 1. The van der Waals surface area contributed by atoms with Crippen LogP contribution >= 0.6 is 0 Å². The van der Waals surface area contributed by atoms with Gasteiger partial charge in [0.25, 0.3) is 0 Å². The van der Waals surface area contributed by atoms with E-state index in [0.29, 0.717) is 18.7 Å². The highest BCUT2D eigenvalue weighted by atomic mass is 16.6. The van der Waals surface area contributed by atoms with Gasteiger partial charge in [0.1, 0.15) is 23.5 Å². The maximum absolute atomic E-state index is 12.0. The lowest BCUT2D eigenvalue weighted by Crippen LogP contribution is -2.39. The van der Waals surface area contributed by atoms with Crippen LogP contribution in [-0.2, 0) is 23.0 Å². The molecule has 3 N–H and O–H groups in total. The zero-order valence-corrected chi connectivity index (χ0v) is 15.0. The van der Waals surface area contributed by atoms with Crippen LogP contribution in [0, 0.1) is 0 Å². The highest BCUT2D eigenvalue weighted by molar-refractivity contribution is 5.83. The van der Waals surface area contributed by atoms with Gasteiger partial charge < -0.3 is 15.2 Å². The molecule has 2 aromatic heterocycles. The second kappa shape index (κ2) is 5.67. The van der Waals surface area contributed by atoms with E-state index >= 15 is 0 Å². The summed E-state index contributed by atoms with van der Waals surface area (Å²) in [6, 6.07) is 5.75. The van der Waals surface area contributed by atoms with Gasteiger partial charge in [-0.3, -0.25) is 5.32 Å². The smallest absolute Gasteiger partial charge is 0.413 e. The van der Waals surface area contributed by atoms with Crippen LogP contribution in [0.5, 0.6) is 0 Å². The van der Waals surface area contributed by atoms with Crippen LogP contribution in [0.25, 0.3) is 0 Å². The number of ether oxygens (including phenoxy) is 1. The van der Waals surface area contributed by atoms with Crippen molar-refractivity contribution in [3.05, 3.63) is 47.3 Å². The molecule has 3 heterocycles. The van der Waals surface area contributed by atoms with E-state index in [1.54, 1.807) is 12.4 Å². The molecule has 1 aliphatic heterocycles. The van der Waals surface area contributed by atoms with Gasteiger partial charge in [0.05, 0.1) is 5.41 Å². The molecule has 136 valence electrons.